The third-order valence-electron chi connectivity index (χ3n) is 3.44. The monoisotopic (exact) mass is 284 g/mol. The molecule has 0 fully saturated rings. The molecule has 0 aliphatic rings. The van der Waals surface area contributed by atoms with Crippen LogP contribution < -0.4 is 0 Å². The van der Waals surface area contributed by atoms with Gasteiger partial charge in [-0.15, -0.1) is 0 Å². The van der Waals surface area contributed by atoms with Crippen LogP contribution in [0.2, 0.25) is 5.02 Å². The molecule has 0 atom stereocenters. The Morgan fingerprint density at radius 2 is 2.20 bits per heavy atom. The largest absolute Gasteiger partial charge is 0.341 e. The van der Waals surface area contributed by atoms with Crippen LogP contribution in [0.15, 0.2) is 42.7 Å². The van der Waals surface area contributed by atoms with Crippen molar-refractivity contribution in [2.45, 2.75) is 13.5 Å². The zero-order valence-corrected chi connectivity index (χ0v) is 11.8. The van der Waals surface area contributed by atoms with Gasteiger partial charge in [0.25, 0.3) is 0 Å². The summed E-state index contributed by atoms with van der Waals surface area (Å²) in [4.78, 5) is 15.6. The first-order chi connectivity index (χ1) is 9.69. The smallest absolute Gasteiger partial charge is 0.152 e. The van der Waals surface area contributed by atoms with E-state index in [9.17, 15) is 4.79 Å². The van der Waals surface area contributed by atoms with E-state index >= 15 is 0 Å². The first kappa shape index (κ1) is 12.9. The molecule has 0 spiro atoms. The fraction of sp³-hybridized carbons (Fsp3) is 0.125. The molecule has 100 valence electrons. The molecule has 0 amide bonds. The van der Waals surface area contributed by atoms with E-state index in [1.54, 1.807) is 12.3 Å². The van der Waals surface area contributed by atoms with Crippen molar-refractivity contribution in [2.75, 3.05) is 0 Å². The van der Waals surface area contributed by atoms with Crippen LogP contribution in [0.4, 0.5) is 0 Å². The van der Waals surface area contributed by atoms with Crippen LogP contribution in [0.5, 0.6) is 0 Å². The van der Waals surface area contributed by atoms with E-state index in [-0.39, 0.29) is 0 Å². The molecule has 0 aliphatic carbocycles. The Hall–Kier alpha value is -2.13. The van der Waals surface area contributed by atoms with Gasteiger partial charge >= 0.3 is 0 Å². The van der Waals surface area contributed by atoms with Crippen molar-refractivity contribution in [1.82, 2.24) is 9.55 Å². The highest BCUT2D eigenvalue weighted by Crippen LogP contribution is 2.24. The number of nitrogens with zero attached hydrogens (tertiary/aromatic N) is 2. The minimum Gasteiger partial charge on any atom is -0.341 e. The second kappa shape index (κ2) is 5.10. The van der Waals surface area contributed by atoms with E-state index in [1.165, 1.54) is 0 Å². The van der Waals surface area contributed by atoms with Crippen LogP contribution in [-0.4, -0.2) is 15.8 Å². The Labute approximate surface area is 121 Å². The second-order valence-corrected chi connectivity index (χ2v) is 5.20. The number of carbonyl (C=O) groups is 1. The summed E-state index contributed by atoms with van der Waals surface area (Å²) >= 11 is 6.06. The highest BCUT2D eigenvalue weighted by Gasteiger charge is 2.10. The van der Waals surface area contributed by atoms with Gasteiger partial charge in [-0.05, 0) is 30.7 Å². The van der Waals surface area contributed by atoms with Gasteiger partial charge in [-0.1, -0.05) is 23.7 Å². The van der Waals surface area contributed by atoms with Crippen molar-refractivity contribution in [1.29, 1.82) is 0 Å². The molecule has 0 saturated heterocycles. The number of fused-ring (bicyclic) bond motifs is 1. The summed E-state index contributed by atoms with van der Waals surface area (Å²) in [5.74, 6) is 0. The summed E-state index contributed by atoms with van der Waals surface area (Å²) < 4.78 is 2.01. The van der Waals surface area contributed by atoms with E-state index in [0.29, 0.717) is 17.1 Å². The minimum absolute atomic E-state index is 0.622. The molecule has 2 aromatic heterocycles. The van der Waals surface area contributed by atoms with Crippen molar-refractivity contribution in [2.24, 2.45) is 0 Å². The first-order valence-corrected chi connectivity index (χ1v) is 6.71. The summed E-state index contributed by atoms with van der Waals surface area (Å²) in [7, 11) is 0. The second-order valence-electron chi connectivity index (χ2n) is 4.76. The number of halogens is 1. The molecule has 4 heteroatoms. The van der Waals surface area contributed by atoms with Crippen LogP contribution >= 0.6 is 11.6 Å². The lowest BCUT2D eigenvalue weighted by atomic mass is 10.2. The van der Waals surface area contributed by atoms with Gasteiger partial charge in [-0.2, -0.15) is 0 Å². The van der Waals surface area contributed by atoms with Crippen molar-refractivity contribution < 1.29 is 4.79 Å². The van der Waals surface area contributed by atoms with E-state index in [1.807, 2.05) is 42.0 Å². The Morgan fingerprint density at radius 3 is 2.95 bits per heavy atom. The summed E-state index contributed by atoms with van der Waals surface area (Å²) in [6.07, 6.45) is 4.50. The number of aldehydes is 1. The third-order valence-corrected chi connectivity index (χ3v) is 3.68. The van der Waals surface area contributed by atoms with Crippen LogP contribution in [0.25, 0.3) is 10.9 Å². The number of hydrogen-bond acceptors (Lipinski definition) is 2. The predicted octanol–water partition coefficient (Wildman–Crippen LogP) is 3.86. The minimum atomic E-state index is 0.622. The number of benzene rings is 1. The van der Waals surface area contributed by atoms with E-state index < -0.39 is 0 Å². The first-order valence-electron chi connectivity index (χ1n) is 6.33. The SMILES string of the molecule is Cc1cccnc1Cn1cc(C=O)c2ccc(Cl)cc21. The van der Waals surface area contributed by atoms with Gasteiger partial charge in [0.2, 0.25) is 0 Å². The van der Waals surface area contributed by atoms with Crippen molar-refractivity contribution in [3.63, 3.8) is 0 Å². The number of pyridine rings is 1. The predicted molar refractivity (Wildman–Crippen MR) is 80.4 cm³/mol. The molecule has 0 saturated carbocycles. The zero-order valence-electron chi connectivity index (χ0n) is 11.0. The average molecular weight is 285 g/mol. The van der Waals surface area contributed by atoms with Crippen molar-refractivity contribution in [3.8, 4) is 0 Å². The zero-order chi connectivity index (χ0) is 14.1. The highest BCUT2D eigenvalue weighted by molar-refractivity contribution is 6.31. The Morgan fingerprint density at radius 1 is 1.35 bits per heavy atom. The fourth-order valence-corrected chi connectivity index (χ4v) is 2.53. The summed E-state index contributed by atoms with van der Waals surface area (Å²) in [6.45, 7) is 2.65. The molecular weight excluding hydrogens is 272 g/mol. The number of hydrogen-bond donors (Lipinski definition) is 0. The van der Waals surface area contributed by atoms with E-state index in [2.05, 4.69) is 4.98 Å². The van der Waals surface area contributed by atoms with Crippen LogP contribution in [-0.2, 0) is 6.54 Å². The molecule has 0 aliphatic heterocycles. The fourth-order valence-electron chi connectivity index (χ4n) is 2.36. The lowest BCUT2D eigenvalue weighted by Crippen LogP contribution is -2.02. The maximum atomic E-state index is 11.2. The van der Waals surface area contributed by atoms with Gasteiger partial charge in [0.15, 0.2) is 6.29 Å². The molecular formula is C16H13ClN2O. The normalized spacial score (nSPS) is 10.9. The van der Waals surface area contributed by atoms with Crippen LogP contribution in [0.3, 0.4) is 0 Å². The van der Waals surface area contributed by atoms with Gasteiger partial charge in [0.05, 0.1) is 17.8 Å². The molecule has 0 N–H and O–H groups in total. The van der Waals surface area contributed by atoms with Gasteiger partial charge in [-0.25, -0.2) is 0 Å². The van der Waals surface area contributed by atoms with Gasteiger partial charge in [0.1, 0.15) is 0 Å². The molecule has 0 radical (unpaired) electrons. The standard InChI is InChI=1S/C16H13ClN2O/c1-11-3-2-6-18-15(11)9-19-8-12(10-20)14-5-4-13(17)7-16(14)19/h2-8,10H,9H2,1H3. The summed E-state index contributed by atoms with van der Waals surface area (Å²) in [5.41, 5.74) is 3.74. The number of carbonyl (C=O) groups excluding carboxylic acids is 1. The molecule has 1 aromatic carbocycles. The van der Waals surface area contributed by atoms with Gasteiger partial charge < -0.3 is 4.57 Å². The van der Waals surface area contributed by atoms with Crippen LogP contribution in [0.1, 0.15) is 21.6 Å². The highest BCUT2D eigenvalue weighted by atomic mass is 35.5. The average Bonchev–Trinajstić information content (AvgIpc) is 2.79. The lowest BCUT2D eigenvalue weighted by molar-refractivity contribution is 0.112. The topological polar surface area (TPSA) is 34.9 Å². The van der Waals surface area contributed by atoms with Gasteiger partial charge in [-0.3, -0.25) is 9.78 Å². The van der Waals surface area contributed by atoms with E-state index in [0.717, 1.165) is 28.4 Å². The number of rotatable bonds is 3. The number of aryl methyl sites for hydroxylation is 1. The Balaban J connectivity index is 2.14. The molecule has 0 bridgehead atoms. The molecule has 3 nitrogen and oxygen atoms in total. The quantitative estimate of drug-likeness (QED) is 0.685. The molecule has 2 heterocycles. The summed E-state index contributed by atoms with van der Waals surface area (Å²) in [5, 5.41) is 1.57. The van der Waals surface area contributed by atoms with Gasteiger partial charge in [0, 0.05) is 28.4 Å². The van der Waals surface area contributed by atoms with E-state index in [4.69, 9.17) is 11.6 Å². The Bertz CT molecular complexity index is 792. The molecule has 3 aromatic rings. The molecule has 3 rings (SSSR count). The number of aromatic nitrogens is 2. The van der Waals surface area contributed by atoms with Crippen molar-refractivity contribution in [3.05, 3.63) is 64.6 Å². The lowest BCUT2D eigenvalue weighted by Gasteiger charge is -2.07. The Kier molecular flexibility index (Phi) is 3.28. The maximum Gasteiger partial charge on any atom is 0.152 e. The molecule has 0 unspecified atom stereocenters. The van der Waals surface area contributed by atoms with Crippen molar-refractivity contribution >= 4 is 28.8 Å². The maximum absolute atomic E-state index is 11.2. The van der Waals surface area contributed by atoms with Crippen LogP contribution in [0, 0.1) is 6.92 Å². The summed E-state index contributed by atoms with van der Waals surface area (Å²) in [6, 6.07) is 9.50. The third kappa shape index (κ3) is 2.21. The molecule has 20 heavy (non-hydrogen) atoms.